The summed E-state index contributed by atoms with van der Waals surface area (Å²) < 4.78 is 51.0. The first-order chi connectivity index (χ1) is 23.1. The Morgan fingerprint density at radius 2 is 1.50 bits per heavy atom. The summed E-state index contributed by atoms with van der Waals surface area (Å²) in [5, 5.41) is 17.9. The molecular formula is C36H26F3N3O6. The van der Waals surface area contributed by atoms with Crippen LogP contribution in [0.4, 0.5) is 18.9 Å². The van der Waals surface area contributed by atoms with Crippen molar-refractivity contribution in [1.29, 1.82) is 0 Å². The summed E-state index contributed by atoms with van der Waals surface area (Å²) in [6.07, 6.45) is 0.0844. The second-order valence-electron chi connectivity index (χ2n) is 10.8. The molecule has 0 aliphatic carbocycles. The number of halogens is 3. The SMILES string of the molecule is O=C(NCCOc1ccc(CC(Oc2cc(F)c(F)c(F)c2)C(=O)O)cc1)c1ccc(NC(=O)c2ccc3cc2c2cc3ccn2)cc1. The van der Waals surface area contributed by atoms with Gasteiger partial charge in [0, 0.05) is 47.0 Å². The van der Waals surface area contributed by atoms with Crippen LogP contribution in [0.5, 0.6) is 11.5 Å². The van der Waals surface area contributed by atoms with E-state index >= 15 is 0 Å². The number of aliphatic carboxylic acids is 1. The van der Waals surface area contributed by atoms with Gasteiger partial charge in [0.25, 0.3) is 11.8 Å². The number of carboxylic acid groups (broad SMARTS) is 1. The predicted molar refractivity (Wildman–Crippen MR) is 171 cm³/mol. The molecule has 5 aromatic carbocycles. The number of nitrogens with zero attached hydrogens (tertiary/aromatic N) is 1. The van der Waals surface area contributed by atoms with E-state index in [1.165, 1.54) is 0 Å². The lowest BCUT2D eigenvalue weighted by molar-refractivity contribution is -0.145. The highest BCUT2D eigenvalue weighted by Crippen LogP contribution is 2.27. The minimum Gasteiger partial charge on any atom is -0.492 e. The van der Waals surface area contributed by atoms with Gasteiger partial charge >= 0.3 is 5.97 Å². The topological polar surface area (TPSA) is 127 Å². The maximum Gasteiger partial charge on any atom is 0.345 e. The Bertz CT molecular complexity index is 2100. The molecule has 1 heterocycles. The van der Waals surface area contributed by atoms with E-state index in [2.05, 4.69) is 15.6 Å². The molecule has 2 amide bonds. The molecule has 0 radical (unpaired) electrons. The quantitative estimate of drug-likeness (QED) is 0.103. The van der Waals surface area contributed by atoms with Crippen LogP contribution in [-0.4, -0.2) is 47.1 Å². The molecule has 0 aliphatic rings. The summed E-state index contributed by atoms with van der Waals surface area (Å²) in [5.41, 5.74) is 2.67. The lowest BCUT2D eigenvalue weighted by atomic mass is 10.0. The van der Waals surface area contributed by atoms with Crippen LogP contribution in [0.25, 0.3) is 21.7 Å². The fourth-order valence-electron chi connectivity index (χ4n) is 5.11. The van der Waals surface area contributed by atoms with Crippen LogP contribution < -0.4 is 20.1 Å². The number of benzene rings is 5. The van der Waals surface area contributed by atoms with Crippen molar-refractivity contribution < 1.29 is 42.1 Å². The molecule has 6 aromatic rings. The van der Waals surface area contributed by atoms with Gasteiger partial charge in [0.1, 0.15) is 18.1 Å². The summed E-state index contributed by atoms with van der Waals surface area (Å²) in [6.45, 7) is 0.327. The molecule has 3 N–H and O–H groups in total. The summed E-state index contributed by atoms with van der Waals surface area (Å²) >= 11 is 0. The summed E-state index contributed by atoms with van der Waals surface area (Å²) in [5.74, 6) is -6.67. The van der Waals surface area contributed by atoms with E-state index in [0.29, 0.717) is 40.3 Å². The fourth-order valence-corrected chi connectivity index (χ4v) is 5.11. The largest absolute Gasteiger partial charge is 0.492 e. The number of carbonyl (C=O) groups is 3. The number of carboxylic acids is 1. The average Bonchev–Trinajstić information content (AvgIpc) is 3.09. The molecule has 9 nitrogen and oxygen atoms in total. The second-order valence-corrected chi connectivity index (χ2v) is 10.8. The van der Waals surface area contributed by atoms with Crippen LogP contribution in [0, 0.1) is 17.5 Å². The smallest absolute Gasteiger partial charge is 0.345 e. The molecule has 0 saturated heterocycles. The van der Waals surface area contributed by atoms with Crippen molar-refractivity contribution in [1.82, 2.24) is 10.3 Å². The molecule has 48 heavy (non-hydrogen) atoms. The third-order valence-electron chi connectivity index (χ3n) is 7.55. The lowest BCUT2D eigenvalue weighted by Crippen LogP contribution is -2.29. The highest BCUT2D eigenvalue weighted by atomic mass is 19.2. The maximum atomic E-state index is 13.5. The van der Waals surface area contributed by atoms with Crippen LogP contribution in [-0.2, 0) is 11.2 Å². The van der Waals surface area contributed by atoms with Gasteiger partial charge < -0.3 is 25.2 Å². The van der Waals surface area contributed by atoms with E-state index in [4.69, 9.17) is 9.47 Å². The van der Waals surface area contributed by atoms with Gasteiger partial charge in [-0.3, -0.25) is 14.6 Å². The van der Waals surface area contributed by atoms with E-state index in [1.807, 2.05) is 24.3 Å². The number of fused-ring (bicyclic) bond motifs is 6. The van der Waals surface area contributed by atoms with Crippen LogP contribution in [0.2, 0.25) is 0 Å². The Kier molecular flexibility index (Phi) is 9.06. The fraction of sp³-hybridized carbons (Fsp3) is 0.111. The monoisotopic (exact) mass is 653 g/mol. The minimum absolute atomic E-state index is 0.140. The van der Waals surface area contributed by atoms with Gasteiger partial charge in [0.15, 0.2) is 23.6 Å². The molecule has 0 spiro atoms. The highest BCUT2D eigenvalue weighted by Gasteiger charge is 2.22. The molecule has 1 unspecified atom stereocenters. The first-order valence-electron chi connectivity index (χ1n) is 14.7. The van der Waals surface area contributed by atoms with Gasteiger partial charge in [-0.15, -0.1) is 0 Å². The molecule has 242 valence electrons. The third-order valence-corrected chi connectivity index (χ3v) is 7.55. The molecule has 0 fully saturated rings. The van der Waals surface area contributed by atoms with Gasteiger partial charge in [-0.25, -0.2) is 18.0 Å². The number of rotatable bonds is 12. The van der Waals surface area contributed by atoms with Gasteiger partial charge in [-0.2, -0.15) is 0 Å². The Hall–Kier alpha value is -6.17. The lowest BCUT2D eigenvalue weighted by Gasteiger charge is -2.16. The van der Waals surface area contributed by atoms with Gasteiger partial charge in [0.2, 0.25) is 0 Å². The van der Waals surface area contributed by atoms with Crippen molar-refractivity contribution in [2.75, 3.05) is 18.5 Å². The van der Waals surface area contributed by atoms with Gasteiger partial charge in [0.05, 0.1) is 12.1 Å². The zero-order chi connectivity index (χ0) is 33.8. The predicted octanol–water partition coefficient (Wildman–Crippen LogP) is 6.38. The highest BCUT2D eigenvalue weighted by molar-refractivity contribution is 6.15. The minimum atomic E-state index is -1.68. The van der Waals surface area contributed by atoms with Crippen molar-refractivity contribution in [2.24, 2.45) is 0 Å². The Morgan fingerprint density at radius 1 is 0.792 bits per heavy atom. The second kappa shape index (κ2) is 13.7. The summed E-state index contributed by atoms with van der Waals surface area (Å²) in [6, 6.07) is 23.5. The number of hydrogen-bond donors (Lipinski definition) is 3. The normalized spacial score (nSPS) is 11.7. The zero-order valence-electron chi connectivity index (χ0n) is 25.0. The molecule has 0 saturated carbocycles. The number of pyridine rings is 1. The van der Waals surface area contributed by atoms with E-state index in [-0.39, 0.29) is 31.4 Å². The van der Waals surface area contributed by atoms with Crippen molar-refractivity contribution in [3.05, 3.63) is 131 Å². The van der Waals surface area contributed by atoms with Crippen molar-refractivity contribution >= 4 is 45.1 Å². The summed E-state index contributed by atoms with van der Waals surface area (Å²) in [7, 11) is 0. The third kappa shape index (κ3) is 7.12. The molecule has 6 rings (SSSR count). The number of amides is 2. The van der Waals surface area contributed by atoms with Gasteiger partial charge in [-0.1, -0.05) is 18.2 Å². The van der Waals surface area contributed by atoms with E-state index in [9.17, 15) is 32.7 Å². The number of anilines is 1. The Labute approximate surface area is 271 Å². The Balaban J connectivity index is 0.962. The zero-order valence-corrected chi connectivity index (χ0v) is 25.0. The number of ether oxygens (including phenoxy) is 2. The maximum absolute atomic E-state index is 13.5. The Morgan fingerprint density at radius 3 is 2.21 bits per heavy atom. The summed E-state index contributed by atoms with van der Waals surface area (Å²) in [4.78, 5) is 41.7. The molecule has 1 aromatic heterocycles. The number of nitrogens with one attached hydrogen (secondary N) is 2. The molecular weight excluding hydrogens is 627 g/mol. The van der Waals surface area contributed by atoms with E-state index < -0.39 is 35.3 Å². The standard InChI is InChI=1S/C36H26F3N3O6/c37-29-18-26(19-30(38)33(29)39)48-32(36(45)46)15-20-1-8-25(9-2-20)47-14-13-41-34(43)21-3-6-24(7-4-21)42-35(44)27-10-5-22-16-28(27)31-17-23(22)11-12-40-31/h1-12,16-19,32H,13-15H2,(H,41,43)(H,42,44)(H,45,46). The van der Waals surface area contributed by atoms with Crippen LogP contribution in [0.3, 0.4) is 0 Å². The number of hydrogen-bond acceptors (Lipinski definition) is 6. The van der Waals surface area contributed by atoms with Crippen molar-refractivity contribution in [3.63, 3.8) is 0 Å². The average molecular weight is 654 g/mol. The van der Waals surface area contributed by atoms with Crippen LogP contribution in [0.15, 0.2) is 97.2 Å². The molecule has 1 atom stereocenters. The van der Waals surface area contributed by atoms with E-state index in [1.54, 1.807) is 60.8 Å². The first kappa shape index (κ1) is 31.8. The number of carbonyl (C=O) groups excluding carboxylic acids is 2. The first-order valence-corrected chi connectivity index (χ1v) is 14.7. The van der Waals surface area contributed by atoms with Crippen molar-refractivity contribution in [3.8, 4) is 11.5 Å². The molecule has 0 aliphatic heterocycles. The van der Waals surface area contributed by atoms with E-state index in [0.717, 1.165) is 21.7 Å². The van der Waals surface area contributed by atoms with Crippen LogP contribution >= 0.6 is 0 Å². The van der Waals surface area contributed by atoms with Crippen LogP contribution in [0.1, 0.15) is 26.3 Å². The molecule has 4 bridgehead atoms. The number of aromatic nitrogens is 1. The van der Waals surface area contributed by atoms with Gasteiger partial charge in [-0.05, 0) is 77.0 Å². The molecule has 12 heteroatoms. The van der Waals surface area contributed by atoms with Crippen molar-refractivity contribution in [2.45, 2.75) is 12.5 Å².